The molecule has 1 N–H and O–H groups in total. The van der Waals surface area contributed by atoms with E-state index in [0.29, 0.717) is 17.2 Å². The standard InChI is InChI=1S/C21H19FN4O/c1-14-23-19(21(27)25-18-8-6-17(22)7-9-18)12-20(24-14)26-11-10-15-4-2-3-5-16(15)13-26/h2-9,12H,10-11,13H2,1H3,(H,25,27). The lowest BCUT2D eigenvalue weighted by Gasteiger charge is -2.30. The summed E-state index contributed by atoms with van der Waals surface area (Å²) in [7, 11) is 0. The van der Waals surface area contributed by atoms with Crippen molar-refractivity contribution in [2.24, 2.45) is 0 Å². The number of nitrogens with zero attached hydrogens (tertiary/aromatic N) is 3. The third-order valence-corrected chi connectivity index (χ3v) is 4.61. The second-order valence-electron chi connectivity index (χ2n) is 6.56. The van der Waals surface area contributed by atoms with Gasteiger partial charge in [0, 0.05) is 24.8 Å². The van der Waals surface area contributed by atoms with Gasteiger partial charge in [0.25, 0.3) is 5.91 Å². The summed E-state index contributed by atoms with van der Waals surface area (Å²) in [6, 6.07) is 15.7. The van der Waals surface area contributed by atoms with Crippen LogP contribution < -0.4 is 10.2 Å². The minimum absolute atomic E-state index is 0.292. The summed E-state index contributed by atoms with van der Waals surface area (Å²) in [6.07, 6.45) is 0.941. The molecule has 136 valence electrons. The summed E-state index contributed by atoms with van der Waals surface area (Å²) >= 11 is 0. The predicted octanol–water partition coefficient (Wildman–Crippen LogP) is 3.74. The van der Waals surface area contributed by atoms with E-state index in [-0.39, 0.29) is 11.7 Å². The summed E-state index contributed by atoms with van der Waals surface area (Å²) in [6.45, 7) is 3.37. The number of hydrogen-bond donors (Lipinski definition) is 1. The molecular weight excluding hydrogens is 343 g/mol. The number of aryl methyl sites for hydroxylation is 1. The molecule has 1 aromatic heterocycles. The van der Waals surface area contributed by atoms with Crippen molar-refractivity contribution in [3.8, 4) is 0 Å². The molecule has 2 heterocycles. The van der Waals surface area contributed by atoms with Crippen molar-refractivity contribution >= 4 is 17.4 Å². The number of rotatable bonds is 3. The molecule has 0 bridgehead atoms. The van der Waals surface area contributed by atoms with Gasteiger partial charge in [0.15, 0.2) is 0 Å². The molecule has 0 spiro atoms. The highest BCUT2D eigenvalue weighted by Gasteiger charge is 2.19. The molecule has 5 nitrogen and oxygen atoms in total. The molecule has 0 fully saturated rings. The van der Waals surface area contributed by atoms with Crippen LogP contribution in [0.2, 0.25) is 0 Å². The number of fused-ring (bicyclic) bond motifs is 1. The first kappa shape index (κ1) is 17.1. The van der Waals surface area contributed by atoms with E-state index in [0.717, 1.165) is 25.3 Å². The third-order valence-electron chi connectivity index (χ3n) is 4.61. The molecule has 0 atom stereocenters. The lowest BCUT2D eigenvalue weighted by atomic mass is 10.00. The summed E-state index contributed by atoms with van der Waals surface area (Å²) in [5.41, 5.74) is 3.44. The molecule has 6 heteroatoms. The number of hydrogen-bond acceptors (Lipinski definition) is 4. The molecule has 2 aromatic carbocycles. The van der Waals surface area contributed by atoms with Crippen LogP contribution in [0.5, 0.6) is 0 Å². The fourth-order valence-corrected chi connectivity index (χ4v) is 3.25. The molecule has 1 amide bonds. The van der Waals surface area contributed by atoms with Crippen molar-refractivity contribution in [1.82, 2.24) is 9.97 Å². The number of amides is 1. The zero-order chi connectivity index (χ0) is 18.8. The van der Waals surface area contributed by atoms with Crippen molar-refractivity contribution < 1.29 is 9.18 Å². The van der Waals surface area contributed by atoms with Gasteiger partial charge in [0.05, 0.1) is 0 Å². The number of carbonyl (C=O) groups is 1. The number of benzene rings is 2. The van der Waals surface area contributed by atoms with E-state index in [4.69, 9.17) is 0 Å². The molecule has 3 aromatic rings. The molecule has 0 unspecified atom stereocenters. The van der Waals surface area contributed by atoms with Crippen LogP contribution >= 0.6 is 0 Å². The van der Waals surface area contributed by atoms with Crippen LogP contribution in [-0.4, -0.2) is 22.4 Å². The smallest absolute Gasteiger partial charge is 0.274 e. The fourth-order valence-electron chi connectivity index (χ4n) is 3.25. The quantitative estimate of drug-likeness (QED) is 0.771. The van der Waals surface area contributed by atoms with Gasteiger partial charge in [-0.3, -0.25) is 4.79 Å². The maximum absolute atomic E-state index is 13.0. The van der Waals surface area contributed by atoms with E-state index < -0.39 is 0 Å². The SMILES string of the molecule is Cc1nc(C(=O)Nc2ccc(F)cc2)cc(N2CCc3ccccc3C2)n1. The minimum atomic E-state index is -0.349. The average molecular weight is 362 g/mol. The van der Waals surface area contributed by atoms with Crippen molar-refractivity contribution in [2.75, 3.05) is 16.8 Å². The van der Waals surface area contributed by atoms with Crippen molar-refractivity contribution in [3.05, 3.63) is 83.1 Å². The lowest BCUT2D eigenvalue weighted by molar-refractivity contribution is 0.102. The monoisotopic (exact) mass is 362 g/mol. The van der Waals surface area contributed by atoms with Gasteiger partial charge in [-0.05, 0) is 48.7 Å². The van der Waals surface area contributed by atoms with E-state index in [2.05, 4.69) is 38.4 Å². The first-order chi connectivity index (χ1) is 13.1. The first-order valence-corrected chi connectivity index (χ1v) is 8.83. The number of halogens is 1. The van der Waals surface area contributed by atoms with Crippen LogP contribution in [0.3, 0.4) is 0 Å². The van der Waals surface area contributed by atoms with Crippen molar-refractivity contribution in [3.63, 3.8) is 0 Å². The molecule has 0 aliphatic carbocycles. The van der Waals surface area contributed by atoms with Crippen LogP contribution in [0, 0.1) is 12.7 Å². The van der Waals surface area contributed by atoms with Crippen LogP contribution in [0.4, 0.5) is 15.9 Å². The molecular formula is C21H19FN4O. The highest BCUT2D eigenvalue weighted by atomic mass is 19.1. The number of nitrogens with one attached hydrogen (secondary N) is 1. The van der Waals surface area contributed by atoms with E-state index in [1.165, 1.54) is 35.4 Å². The van der Waals surface area contributed by atoms with Crippen LogP contribution in [-0.2, 0) is 13.0 Å². The Hall–Kier alpha value is -3.28. The van der Waals surface area contributed by atoms with Gasteiger partial charge in [-0.15, -0.1) is 0 Å². The summed E-state index contributed by atoms with van der Waals surface area (Å²) in [5, 5.41) is 2.74. The van der Waals surface area contributed by atoms with E-state index in [9.17, 15) is 9.18 Å². The molecule has 0 saturated heterocycles. The normalized spacial score (nSPS) is 13.2. The molecule has 1 aliphatic rings. The van der Waals surface area contributed by atoms with Gasteiger partial charge in [-0.1, -0.05) is 24.3 Å². The Kier molecular flexibility index (Phi) is 4.54. The summed E-state index contributed by atoms with van der Waals surface area (Å²) in [5.74, 6) is 0.584. The Labute approximate surface area is 156 Å². The summed E-state index contributed by atoms with van der Waals surface area (Å²) < 4.78 is 13.0. The van der Waals surface area contributed by atoms with Gasteiger partial charge < -0.3 is 10.2 Å². The molecule has 4 rings (SSSR count). The highest BCUT2D eigenvalue weighted by Crippen LogP contribution is 2.23. The fraction of sp³-hybridized carbons (Fsp3) is 0.190. The molecule has 0 radical (unpaired) electrons. The maximum Gasteiger partial charge on any atom is 0.274 e. The van der Waals surface area contributed by atoms with Crippen LogP contribution in [0.1, 0.15) is 27.4 Å². The van der Waals surface area contributed by atoms with Gasteiger partial charge in [-0.2, -0.15) is 0 Å². The minimum Gasteiger partial charge on any atom is -0.352 e. The number of anilines is 2. The number of aromatic nitrogens is 2. The Morgan fingerprint density at radius 2 is 1.81 bits per heavy atom. The lowest BCUT2D eigenvalue weighted by Crippen LogP contribution is -2.31. The van der Waals surface area contributed by atoms with Crippen LogP contribution in [0.15, 0.2) is 54.6 Å². The Balaban J connectivity index is 1.56. The largest absolute Gasteiger partial charge is 0.352 e. The third kappa shape index (κ3) is 3.79. The molecule has 0 saturated carbocycles. The molecule has 27 heavy (non-hydrogen) atoms. The predicted molar refractivity (Wildman–Crippen MR) is 102 cm³/mol. The Bertz CT molecular complexity index is 988. The summed E-state index contributed by atoms with van der Waals surface area (Å²) in [4.78, 5) is 23.5. The Morgan fingerprint density at radius 1 is 1.07 bits per heavy atom. The molecule has 1 aliphatic heterocycles. The van der Waals surface area contributed by atoms with Crippen molar-refractivity contribution in [2.45, 2.75) is 19.9 Å². The van der Waals surface area contributed by atoms with Gasteiger partial charge >= 0.3 is 0 Å². The number of carbonyl (C=O) groups excluding carboxylic acids is 1. The zero-order valence-electron chi connectivity index (χ0n) is 14.9. The van der Waals surface area contributed by atoms with Gasteiger partial charge in [0.1, 0.15) is 23.2 Å². The topological polar surface area (TPSA) is 58.1 Å². The Morgan fingerprint density at radius 3 is 2.59 bits per heavy atom. The average Bonchev–Trinajstić information content (AvgIpc) is 2.69. The van der Waals surface area contributed by atoms with E-state index in [1.54, 1.807) is 13.0 Å². The highest BCUT2D eigenvalue weighted by molar-refractivity contribution is 6.03. The van der Waals surface area contributed by atoms with Gasteiger partial charge in [0.2, 0.25) is 0 Å². The second-order valence-corrected chi connectivity index (χ2v) is 6.56. The zero-order valence-corrected chi connectivity index (χ0v) is 14.9. The first-order valence-electron chi connectivity index (χ1n) is 8.83. The van der Waals surface area contributed by atoms with Gasteiger partial charge in [-0.25, -0.2) is 14.4 Å². The maximum atomic E-state index is 13.0. The van der Waals surface area contributed by atoms with Crippen molar-refractivity contribution in [1.29, 1.82) is 0 Å². The van der Waals surface area contributed by atoms with E-state index in [1.807, 2.05) is 6.07 Å². The van der Waals surface area contributed by atoms with Crippen LogP contribution in [0.25, 0.3) is 0 Å². The second kappa shape index (κ2) is 7.15. The van der Waals surface area contributed by atoms with E-state index >= 15 is 0 Å².